The third-order valence-electron chi connectivity index (χ3n) is 7.72. The maximum Gasteiger partial charge on any atom is 0.239 e. The van der Waals surface area contributed by atoms with Crippen LogP contribution in [0, 0.1) is 23.2 Å². The molecule has 0 saturated heterocycles. The van der Waals surface area contributed by atoms with Crippen LogP contribution in [0.5, 0.6) is 0 Å². The van der Waals surface area contributed by atoms with Crippen molar-refractivity contribution in [2.24, 2.45) is 23.2 Å². The predicted molar refractivity (Wildman–Crippen MR) is 118 cm³/mol. The third-order valence-corrected chi connectivity index (χ3v) is 7.72. The fraction of sp³-hybridized carbons (Fsp3) is 0.600. The van der Waals surface area contributed by atoms with Gasteiger partial charge in [-0.05, 0) is 85.6 Å². The van der Waals surface area contributed by atoms with E-state index in [0.717, 1.165) is 30.7 Å². The van der Waals surface area contributed by atoms with Crippen LogP contribution in [0.25, 0.3) is 10.9 Å². The number of carbonyl (C=O) groups excluding carboxylic acids is 2. The van der Waals surface area contributed by atoms with Gasteiger partial charge in [-0.3, -0.25) is 9.59 Å². The number of benzene rings is 1. The number of aromatic nitrogens is 1. The summed E-state index contributed by atoms with van der Waals surface area (Å²) in [7, 11) is 0. The molecule has 2 amide bonds. The molecule has 160 valence electrons. The van der Waals surface area contributed by atoms with Crippen LogP contribution in [-0.2, 0) is 16.1 Å². The van der Waals surface area contributed by atoms with Crippen molar-refractivity contribution in [3.63, 3.8) is 0 Å². The van der Waals surface area contributed by atoms with Gasteiger partial charge in [-0.15, -0.1) is 0 Å². The van der Waals surface area contributed by atoms with Crippen LogP contribution in [0.2, 0.25) is 0 Å². The first-order valence-corrected chi connectivity index (χ1v) is 11.7. The molecule has 5 heteroatoms. The molecule has 1 aromatic heterocycles. The highest BCUT2D eigenvalue weighted by Gasteiger charge is 2.51. The van der Waals surface area contributed by atoms with Gasteiger partial charge < -0.3 is 15.2 Å². The van der Waals surface area contributed by atoms with Crippen molar-refractivity contribution in [2.45, 2.75) is 57.9 Å². The lowest BCUT2D eigenvalue weighted by Crippen LogP contribution is -2.48. The second kappa shape index (κ2) is 8.09. The van der Waals surface area contributed by atoms with Gasteiger partial charge >= 0.3 is 0 Å². The smallest absolute Gasteiger partial charge is 0.239 e. The molecule has 1 heterocycles. The van der Waals surface area contributed by atoms with E-state index in [1.807, 2.05) is 12.1 Å². The van der Waals surface area contributed by atoms with Crippen molar-refractivity contribution in [1.29, 1.82) is 0 Å². The fourth-order valence-corrected chi connectivity index (χ4v) is 6.96. The minimum Gasteiger partial charge on any atom is -0.355 e. The highest BCUT2D eigenvalue weighted by molar-refractivity contribution is 5.85. The number of nitrogens with one attached hydrogen (secondary N) is 2. The first-order chi connectivity index (χ1) is 14.6. The SMILES string of the molecule is O=C(CNC(=O)CC12CC3CC(CC(C3)C1)C2)NCCCn1ccc2ccccc21. The Hall–Kier alpha value is -2.30. The topological polar surface area (TPSA) is 63.1 Å². The molecular formula is C25H33N3O2. The number of aryl methyl sites for hydroxylation is 1. The molecule has 1 aromatic carbocycles. The third kappa shape index (κ3) is 4.12. The van der Waals surface area contributed by atoms with Crippen LogP contribution in [0.15, 0.2) is 36.5 Å². The molecule has 4 aliphatic carbocycles. The highest BCUT2D eigenvalue weighted by Crippen LogP contribution is 2.61. The molecule has 2 aromatic rings. The van der Waals surface area contributed by atoms with Crippen LogP contribution < -0.4 is 10.6 Å². The van der Waals surface area contributed by atoms with Crippen molar-refractivity contribution in [2.75, 3.05) is 13.1 Å². The molecule has 4 aliphatic rings. The van der Waals surface area contributed by atoms with Crippen molar-refractivity contribution in [1.82, 2.24) is 15.2 Å². The molecule has 0 spiro atoms. The van der Waals surface area contributed by atoms with Gasteiger partial charge in [0.25, 0.3) is 0 Å². The van der Waals surface area contributed by atoms with E-state index < -0.39 is 0 Å². The predicted octanol–water partition coefficient (Wildman–Crippen LogP) is 3.87. The number of amides is 2. The summed E-state index contributed by atoms with van der Waals surface area (Å²) in [5, 5.41) is 7.06. The summed E-state index contributed by atoms with van der Waals surface area (Å²) in [5.74, 6) is 2.52. The Bertz CT molecular complexity index is 896. The van der Waals surface area contributed by atoms with Gasteiger partial charge in [0, 0.05) is 31.2 Å². The van der Waals surface area contributed by atoms with Crippen molar-refractivity contribution < 1.29 is 9.59 Å². The van der Waals surface area contributed by atoms with Crippen LogP contribution in [-0.4, -0.2) is 29.5 Å². The highest BCUT2D eigenvalue weighted by atomic mass is 16.2. The van der Waals surface area contributed by atoms with Gasteiger partial charge in [-0.1, -0.05) is 18.2 Å². The molecule has 2 N–H and O–H groups in total. The molecule has 4 bridgehead atoms. The van der Waals surface area contributed by atoms with E-state index in [4.69, 9.17) is 0 Å². The largest absolute Gasteiger partial charge is 0.355 e. The Kier molecular flexibility index (Phi) is 5.30. The Balaban J connectivity index is 1.02. The van der Waals surface area contributed by atoms with Gasteiger partial charge in [0.1, 0.15) is 0 Å². The second-order valence-electron chi connectivity index (χ2n) is 10.1. The van der Waals surface area contributed by atoms with E-state index in [1.54, 1.807) is 0 Å². The van der Waals surface area contributed by atoms with E-state index in [-0.39, 0.29) is 23.8 Å². The monoisotopic (exact) mass is 407 g/mol. The average Bonchev–Trinajstić information content (AvgIpc) is 3.11. The number of hydrogen-bond donors (Lipinski definition) is 2. The minimum atomic E-state index is -0.0915. The lowest BCUT2D eigenvalue weighted by atomic mass is 9.49. The first kappa shape index (κ1) is 19.7. The molecule has 5 nitrogen and oxygen atoms in total. The van der Waals surface area contributed by atoms with Gasteiger partial charge in [0.15, 0.2) is 0 Å². The van der Waals surface area contributed by atoms with E-state index in [1.165, 1.54) is 49.4 Å². The van der Waals surface area contributed by atoms with Crippen LogP contribution >= 0.6 is 0 Å². The zero-order valence-corrected chi connectivity index (χ0v) is 17.7. The summed E-state index contributed by atoms with van der Waals surface area (Å²) in [6, 6.07) is 10.4. The zero-order valence-electron chi connectivity index (χ0n) is 17.7. The maximum absolute atomic E-state index is 12.5. The quantitative estimate of drug-likeness (QED) is 0.653. The minimum absolute atomic E-state index is 0.0610. The summed E-state index contributed by atoms with van der Waals surface area (Å²) in [6.07, 6.45) is 11.4. The molecule has 4 saturated carbocycles. The summed E-state index contributed by atoms with van der Waals surface area (Å²) < 4.78 is 2.22. The molecule has 30 heavy (non-hydrogen) atoms. The molecule has 0 atom stereocenters. The van der Waals surface area contributed by atoms with Crippen molar-refractivity contribution in [3.8, 4) is 0 Å². The fourth-order valence-electron chi connectivity index (χ4n) is 6.96. The van der Waals surface area contributed by atoms with Gasteiger partial charge in [-0.25, -0.2) is 0 Å². The number of hydrogen-bond acceptors (Lipinski definition) is 2. The molecule has 0 radical (unpaired) electrons. The van der Waals surface area contributed by atoms with Gasteiger partial charge in [-0.2, -0.15) is 0 Å². The average molecular weight is 408 g/mol. The van der Waals surface area contributed by atoms with Crippen molar-refractivity contribution in [3.05, 3.63) is 36.5 Å². The maximum atomic E-state index is 12.5. The number of nitrogens with zero attached hydrogens (tertiary/aromatic N) is 1. The lowest BCUT2D eigenvalue weighted by molar-refractivity contribution is -0.131. The number of fused-ring (bicyclic) bond motifs is 1. The van der Waals surface area contributed by atoms with Gasteiger partial charge in [0.2, 0.25) is 11.8 Å². The van der Waals surface area contributed by atoms with E-state index in [0.29, 0.717) is 13.0 Å². The summed E-state index contributed by atoms with van der Waals surface area (Å²) >= 11 is 0. The summed E-state index contributed by atoms with van der Waals surface area (Å²) in [5.41, 5.74) is 1.45. The lowest BCUT2D eigenvalue weighted by Gasteiger charge is -2.56. The van der Waals surface area contributed by atoms with Gasteiger partial charge in [0.05, 0.1) is 6.54 Å². The molecule has 6 rings (SSSR count). The molecular weight excluding hydrogens is 374 g/mol. The summed E-state index contributed by atoms with van der Waals surface area (Å²) in [4.78, 5) is 24.7. The van der Waals surface area contributed by atoms with E-state index >= 15 is 0 Å². The van der Waals surface area contributed by atoms with Crippen LogP contribution in [0.3, 0.4) is 0 Å². The normalized spacial score (nSPS) is 29.3. The number of carbonyl (C=O) groups is 2. The van der Waals surface area contributed by atoms with E-state index in [9.17, 15) is 9.59 Å². The molecule has 4 fully saturated rings. The number of para-hydroxylation sites is 1. The Labute approximate surface area is 178 Å². The van der Waals surface area contributed by atoms with Crippen LogP contribution in [0.1, 0.15) is 51.4 Å². The van der Waals surface area contributed by atoms with Crippen LogP contribution in [0.4, 0.5) is 0 Å². The molecule has 0 aliphatic heterocycles. The standard InChI is InChI=1S/C25H33N3O2/c29-23(16-25-13-18-10-19(14-25)12-20(11-18)15-25)27-17-24(30)26-7-3-8-28-9-6-21-4-1-2-5-22(21)28/h1-2,4-6,9,18-20H,3,7-8,10-17H2,(H,26,30)(H,27,29). The Morgan fingerprint density at radius 1 is 0.933 bits per heavy atom. The zero-order chi connectivity index (χ0) is 20.6. The second-order valence-corrected chi connectivity index (χ2v) is 10.1. The van der Waals surface area contributed by atoms with Crippen molar-refractivity contribution >= 4 is 22.7 Å². The Morgan fingerprint density at radius 3 is 2.37 bits per heavy atom. The number of rotatable bonds is 8. The molecule has 0 unspecified atom stereocenters. The van der Waals surface area contributed by atoms with E-state index in [2.05, 4.69) is 39.6 Å². The Morgan fingerprint density at radius 2 is 1.63 bits per heavy atom. The summed E-state index contributed by atoms with van der Waals surface area (Å²) in [6.45, 7) is 1.58. The first-order valence-electron chi connectivity index (χ1n) is 11.7.